The summed E-state index contributed by atoms with van der Waals surface area (Å²) in [5.41, 5.74) is 2.13. The number of rotatable bonds is 3. The first kappa shape index (κ1) is 25.0. The third kappa shape index (κ3) is 3.00. The summed E-state index contributed by atoms with van der Waals surface area (Å²) in [5, 5.41) is 45.1. The molecule has 0 unspecified atom stereocenters. The standard InChI is InChI=1S/C27H30FN3O7/c1-30(2)20-15-7-10-6-12-17(21(32)14-9-31(11-4-3-5-11)8-13(14)19(12)28)22(33)16(10)24(35)27(15,38)25(36)18(23(20)34)26(29)37/h10-11,15,20,32-33,36,38H,3-9H2,1-2H3,(H2,29,37)/t10-,15-,20-,27-/m0/s1. The van der Waals surface area contributed by atoms with Crippen molar-refractivity contribution in [2.75, 3.05) is 14.1 Å². The molecule has 0 spiro atoms. The van der Waals surface area contributed by atoms with Crippen LogP contribution in [0.4, 0.5) is 4.39 Å². The molecule has 2 fully saturated rings. The quantitative estimate of drug-likeness (QED) is 0.360. The van der Waals surface area contributed by atoms with E-state index in [0.717, 1.165) is 19.3 Å². The van der Waals surface area contributed by atoms with Gasteiger partial charge in [-0.2, -0.15) is 0 Å². The lowest BCUT2D eigenvalue weighted by atomic mass is 9.57. The highest BCUT2D eigenvalue weighted by Crippen LogP contribution is 2.54. The van der Waals surface area contributed by atoms with Gasteiger partial charge >= 0.3 is 0 Å². The topological polar surface area (TPSA) is 165 Å². The highest BCUT2D eigenvalue weighted by Gasteiger charge is 2.64. The summed E-state index contributed by atoms with van der Waals surface area (Å²) in [6, 6.07) is -0.872. The monoisotopic (exact) mass is 527 g/mol. The highest BCUT2D eigenvalue weighted by atomic mass is 19.1. The molecule has 5 aliphatic rings. The first-order chi connectivity index (χ1) is 17.9. The van der Waals surface area contributed by atoms with Crippen molar-refractivity contribution in [2.45, 2.75) is 62.9 Å². The van der Waals surface area contributed by atoms with Gasteiger partial charge in [0.2, 0.25) is 5.78 Å². The third-order valence-electron chi connectivity index (χ3n) is 9.35. The number of carbonyl (C=O) groups is 3. The van der Waals surface area contributed by atoms with Gasteiger partial charge in [-0.15, -0.1) is 0 Å². The summed E-state index contributed by atoms with van der Waals surface area (Å²) in [7, 11) is 3.06. The molecule has 4 atom stereocenters. The van der Waals surface area contributed by atoms with E-state index in [2.05, 4.69) is 4.90 Å². The number of hydrogen-bond donors (Lipinski definition) is 5. The van der Waals surface area contributed by atoms with Gasteiger partial charge in [-0.05, 0) is 45.7 Å². The molecule has 0 radical (unpaired) electrons. The predicted molar refractivity (Wildman–Crippen MR) is 131 cm³/mol. The number of halogens is 1. The van der Waals surface area contributed by atoms with E-state index >= 15 is 4.39 Å². The SMILES string of the molecule is CN(C)[C@@H]1C(=O)C(C(N)=O)=C(O)[C@@]2(O)C(=O)C3=C(O)c4c(O)c5c(c(F)c4C[C@H]3C[C@@H]12)CN(C1CCC1)C5. The van der Waals surface area contributed by atoms with Gasteiger partial charge in [0.25, 0.3) is 5.91 Å². The van der Waals surface area contributed by atoms with Crippen molar-refractivity contribution in [1.82, 2.24) is 9.80 Å². The Balaban J connectivity index is 1.51. The molecule has 6 rings (SSSR count). The number of ketones is 2. The van der Waals surface area contributed by atoms with E-state index in [-0.39, 0.29) is 35.3 Å². The Kier molecular flexibility index (Phi) is 5.34. The average molecular weight is 528 g/mol. The summed E-state index contributed by atoms with van der Waals surface area (Å²) in [6.07, 6.45) is 2.97. The van der Waals surface area contributed by atoms with Gasteiger partial charge in [-0.3, -0.25) is 24.2 Å². The molecule has 4 aliphatic carbocycles. The molecule has 202 valence electrons. The Bertz CT molecular complexity index is 1400. The smallest absolute Gasteiger partial charge is 0.255 e. The summed E-state index contributed by atoms with van der Waals surface area (Å²) < 4.78 is 15.9. The molecule has 0 saturated heterocycles. The van der Waals surface area contributed by atoms with Crippen LogP contribution >= 0.6 is 0 Å². The lowest BCUT2D eigenvalue weighted by Crippen LogP contribution is -2.65. The zero-order chi connectivity index (χ0) is 27.4. The molecule has 1 aromatic carbocycles. The van der Waals surface area contributed by atoms with Crippen molar-refractivity contribution in [3.63, 3.8) is 0 Å². The molecule has 2 saturated carbocycles. The number of phenols is 1. The Morgan fingerprint density at radius 1 is 1.11 bits per heavy atom. The lowest BCUT2D eigenvalue weighted by Gasteiger charge is -2.50. The van der Waals surface area contributed by atoms with Crippen molar-refractivity contribution in [1.29, 1.82) is 0 Å². The van der Waals surface area contributed by atoms with E-state index in [1.54, 1.807) is 0 Å². The van der Waals surface area contributed by atoms with Crippen LogP contribution in [0.15, 0.2) is 16.9 Å². The number of fused-ring (bicyclic) bond motifs is 4. The highest BCUT2D eigenvalue weighted by molar-refractivity contribution is 6.24. The number of carbonyl (C=O) groups excluding carboxylic acids is 3. The maximum Gasteiger partial charge on any atom is 0.255 e. The molecule has 1 heterocycles. The fraction of sp³-hybridized carbons (Fsp3) is 0.519. The average Bonchev–Trinajstić information content (AvgIpc) is 3.23. The molecule has 1 amide bonds. The van der Waals surface area contributed by atoms with Gasteiger partial charge in [-0.1, -0.05) is 6.42 Å². The number of aliphatic hydroxyl groups excluding tert-OH is 2. The van der Waals surface area contributed by atoms with E-state index in [1.807, 2.05) is 0 Å². The molecule has 0 bridgehead atoms. The number of nitrogens with zero attached hydrogens (tertiary/aromatic N) is 2. The maximum atomic E-state index is 15.9. The second-order valence-corrected chi connectivity index (χ2v) is 11.4. The zero-order valence-corrected chi connectivity index (χ0v) is 21.1. The number of phenolic OH excluding ortho intramolecular Hbond substituents is 1. The van der Waals surface area contributed by atoms with Crippen LogP contribution in [0.3, 0.4) is 0 Å². The van der Waals surface area contributed by atoms with E-state index in [9.17, 15) is 34.8 Å². The van der Waals surface area contributed by atoms with Gasteiger partial charge in [0.05, 0.1) is 11.6 Å². The Morgan fingerprint density at radius 2 is 1.76 bits per heavy atom. The molecule has 38 heavy (non-hydrogen) atoms. The maximum absolute atomic E-state index is 15.9. The molecular formula is C27H30FN3O7. The van der Waals surface area contributed by atoms with E-state index in [1.165, 1.54) is 19.0 Å². The van der Waals surface area contributed by atoms with Crippen LogP contribution in [0, 0.1) is 17.7 Å². The number of aromatic hydroxyl groups is 1. The largest absolute Gasteiger partial charge is 0.508 e. The molecule has 10 nitrogen and oxygen atoms in total. The lowest BCUT2D eigenvalue weighted by molar-refractivity contribution is -0.153. The van der Waals surface area contributed by atoms with Crippen molar-refractivity contribution >= 4 is 23.2 Å². The summed E-state index contributed by atoms with van der Waals surface area (Å²) >= 11 is 0. The van der Waals surface area contributed by atoms with Crippen LogP contribution in [-0.2, 0) is 33.9 Å². The van der Waals surface area contributed by atoms with Crippen LogP contribution in [0.25, 0.3) is 5.76 Å². The molecule has 11 heteroatoms. The minimum Gasteiger partial charge on any atom is -0.508 e. The van der Waals surface area contributed by atoms with Crippen LogP contribution < -0.4 is 5.73 Å². The second-order valence-electron chi connectivity index (χ2n) is 11.4. The van der Waals surface area contributed by atoms with Gasteiger partial charge in [0.1, 0.15) is 28.7 Å². The summed E-state index contributed by atoms with van der Waals surface area (Å²) in [6.45, 7) is 0.669. The predicted octanol–water partition coefficient (Wildman–Crippen LogP) is 0.971. The number of Topliss-reactive ketones (excluding diaryl/α,β-unsaturated/α-hetero) is 2. The van der Waals surface area contributed by atoms with Gasteiger partial charge in [0.15, 0.2) is 11.4 Å². The number of nitrogens with two attached hydrogens (primary N) is 1. The van der Waals surface area contributed by atoms with Crippen LogP contribution in [0.5, 0.6) is 5.75 Å². The fourth-order valence-corrected chi connectivity index (χ4v) is 7.25. The number of primary amides is 1. The second kappa shape index (κ2) is 8.11. The molecule has 0 aromatic heterocycles. The molecule has 6 N–H and O–H groups in total. The Morgan fingerprint density at radius 3 is 2.34 bits per heavy atom. The molecular weight excluding hydrogens is 497 g/mol. The Labute approximate surface area is 217 Å². The van der Waals surface area contributed by atoms with Crippen LogP contribution in [0.1, 0.15) is 47.9 Å². The molecule has 1 aromatic rings. The normalized spacial score (nSPS) is 31.2. The zero-order valence-electron chi connectivity index (χ0n) is 21.1. The number of amides is 1. The number of hydrogen-bond acceptors (Lipinski definition) is 9. The molecule has 1 aliphatic heterocycles. The third-order valence-corrected chi connectivity index (χ3v) is 9.35. The van der Waals surface area contributed by atoms with E-state index in [0.29, 0.717) is 30.3 Å². The first-order valence-electron chi connectivity index (χ1n) is 12.8. The summed E-state index contributed by atoms with van der Waals surface area (Å²) in [4.78, 5) is 42.6. The van der Waals surface area contributed by atoms with Gasteiger partial charge < -0.3 is 26.2 Å². The number of aliphatic hydroxyl groups is 3. The number of benzene rings is 1. The van der Waals surface area contributed by atoms with E-state index in [4.69, 9.17) is 5.73 Å². The summed E-state index contributed by atoms with van der Waals surface area (Å²) in [5.74, 6) is -7.85. The van der Waals surface area contributed by atoms with Crippen molar-refractivity contribution in [2.24, 2.45) is 17.6 Å². The van der Waals surface area contributed by atoms with Crippen molar-refractivity contribution < 1.29 is 39.2 Å². The minimum absolute atomic E-state index is 0.0510. The van der Waals surface area contributed by atoms with Crippen molar-refractivity contribution in [3.05, 3.63) is 45.0 Å². The first-order valence-corrected chi connectivity index (χ1v) is 12.8. The minimum atomic E-state index is -2.71. The van der Waals surface area contributed by atoms with Gasteiger partial charge in [-0.25, -0.2) is 4.39 Å². The van der Waals surface area contributed by atoms with E-state index < -0.39 is 63.9 Å². The van der Waals surface area contributed by atoms with Crippen molar-refractivity contribution in [3.8, 4) is 5.75 Å². The Hall–Kier alpha value is -3.28. The van der Waals surface area contributed by atoms with Gasteiger partial charge in [0, 0.05) is 47.3 Å². The number of likely N-dealkylation sites (N-methyl/N-ethyl adjacent to an activating group) is 1. The van der Waals surface area contributed by atoms with Crippen LogP contribution in [0.2, 0.25) is 0 Å². The van der Waals surface area contributed by atoms with Crippen LogP contribution in [-0.4, -0.2) is 79.5 Å². The fourth-order valence-electron chi connectivity index (χ4n) is 7.25.